The van der Waals surface area contributed by atoms with Gasteiger partial charge in [-0.3, -0.25) is 14.5 Å². The average Bonchev–Trinajstić information content (AvgIpc) is 3.32. The van der Waals surface area contributed by atoms with Gasteiger partial charge in [-0.2, -0.15) is 4.98 Å². The molecule has 1 fully saturated rings. The van der Waals surface area contributed by atoms with Crippen LogP contribution in [0.2, 0.25) is 0 Å². The van der Waals surface area contributed by atoms with E-state index in [2.05, 4.69) is 10.1 Å². The maximum absolute atomic E-state index is 13.3. The molecule has 0 aliphatic carbocycles. The van der Waals surface area contributed by atoms with Gasteiger partial charge >= 0.3 is 0 Å². The molecule has 2 aliphatic heterocycles. The first-order valence-corrected chi connectivity index (χ1v) is 10.4. The van der Waals surface area contributed by atoms with Gasteiger partial charge in [-0.25, -0.2) is 0 Å². The van der Waals surface area contributed by atoms with Gasteiger partial charge in [0.05, 0.1) is 5.69 Å². The van der Waals surface area contributed by atoms with Gasteiger partial charge in [-0.15, -0.1) is 0 Å². The molecule has 2 amide bonds. The fraction of sp³-hybridized carbons (Fsp3) is 0.304. The first-order chi connectivity index (χ1) is 15.2. The quantitative estimate of drug-likeness (QED) is 0.646. The Kier molecular flexibility index (Phi) is 5.11. The molecule has 0 unspecified atom stereocenters. The molecule has 158 valence electrons. The summed E-state index contributed by atoms with van der Waals surface area (Å²) in [7, 11) is 0. The van der Waals surface area contributed by atoms with Crippen LogP contribution < -0.4 is 9.64 Å². The highest BCUT2D eigenvalue weighted by Crippen LogP contribution is 2.34. The van der Waals surface area contributed by atoms with Crippen LogP contribution in [0.25, 0.3) is 11.4 Å². The van der Waals surface area contributed by atoms with Crippen LogP contribution in [0.5, 0.6) is 5.75 Å². The number of hydrogen-bond acceptors (Lipinski definition) is 6. The summed E-state index contributed by atoms with van der Waals surface area (Å²) in [6.07, 6.45) is 2.61. The van der Waals surface area contributed by atoms with Gasteiger partial charge in [-0.05, 0) is 31.4 Å². The van der Waals surface area contributed by atoms with Crippen LogP contribution in [-0.4, -0.2) is 46.6 Å². The largest absolute Gasteiger partial charge is 0.482 e. The molecule has 8 heteroatoms. The molecule has 2 aromatic carbocycles. The molecule has 3 aromatic rings. The Labute approximate surface area is 179 Å². The lowest BCUT2D eigenvalue weighted by molar-refractivity contribution is -0.135. The highest BCUT2D eigenvalue weighted by Gasteiger charge is 2.35. The zero-order valence-electron chi connectivity index (χ0n) is 16.9. The number of para-hydroxylation sites is 2. The highest BCUT2D eigenvalue weighted by atomic mass is 16.5. The maximum atomic E-state index is 13.3. The van der Waals surface area contributed by atoms with Crippen molar-refractivity contribution in [3.05, 3.63) is 60.5 Å². The normalized spacial score (nSPS) is 18.5. The van der Waals surface area contributed by atoms with Gasteiger partial charge in [0, 0.05) is 12.1 Å². The topological polar surface area (TPSA) is 88.8 Å². The fourth-order valence-electron chi connectivity index (χ4n) is 4.12. The number of carbonyl (C=O) groups excluding carboxylic acids is 2. The van der Waals surface area contributed by atoms with Gasteiger partial charge in [-0.1, -0.05) is 47.6 Å². The SMILES string of the molecule is O=C1COc2ccccc2N1CC(=O)N1CCCC[C@H]1c1nc(-c2ccccc2)no1. The molecule has 5 rings (SSSR count). The first-order valence-electron chi connectivity index (χ1n) is 10.4. The standard InChI is InChI=1S/C23H22N4O4/c28-20(14-27-17-10-4-5-12-19(17)30-15-21(27)29)26-13-7-6-11-18(26)23-24-22(25-31-23)16-8-2-1-3-9-16/h1-5,8-10,12,18H,6-7,11,13-15H2/t18-/m0/s1. The summed E-state index contributed by atoms with van der Waals surface area (Å²) < 4.78 is 11.0. The van der Waals surface area contributed by atoms with E-state index in [1.165, 1.54) is 4.90 Å². The van der Waals surface area contributed by atoms with Crippen molar-refractivity contribution < 1.29 is 18.8 Å². The maximum Gasteiger partial charge on any atom is 0.265 e. The first kappa shape index (κ1) is 19.3. The molecule has 0 N–H and O–H groups in total. The van der Waals surface area contributed by atoms with E-state index >= 15 is 0 Å². The van der Waals surface area contributed by atoms with E-state index in [0.717, 1.165) is 24.8 Å². The molecule has 3 heterocycles. The third-order valence-corrected chi connectivity index (χ3v) is 5.68. The second-order valence-electron chi connectivity index (χ2n) is 7.66. The van der Waals surface area contributed by atoms with Crippen LogP contribution in [0.1, 0.15) is 31.2 Å². The van der Waals surface area contributed by atoms with E-state index < -0.39 is 0 Å². The zero-order valence-corrected chi connectivity index (χ0v) is 16.9. The number of anilines is 1. The summed E-state index contributed by atoms with van der Waals surface area (Å²) in [5, 5.41) is 4.11. The number of aromatic nitrogens is 2. The van der Waals surface area contributed by atoms with Gasteiger partial charge in [0.2, 0.25) is 17.6 Å². The number of carbonyl (C=O) groups is 2. The summed E-state index contributed by atoms with van der Waals surface area (Å²) in [6, 6.07) is 16.6. The minimum absolute atomic E-state index is 0.0462. The van der Waals surface area contributed by atoms with Crippen LogP contribution in [0, 0.1) is 0 Å². The minimum atomic E-state index is -0.294. The molecule has 0 radical (unpaired) electrons. The van der Waals surface area contributed by atoms with Gasteiger partial charge in [0.1, 0.15) is 18.3 Å². The highest BCUT2D eigenvalue weighted by molar-refractivity contribution is 6.02. The van der Waals surface area contributed by atoms with Crippen molar-refractivity contribution in [2.75, 3.05) is 24.6 Å². The Morgan fingerprint density at radius 2 is 1.87 bits per heavy atom. The van der Waals surface area contributed by atoms with E-state index in [1.54, 1.807) is 17.0 Å². The minimum Gasteiger partial charge on any atom is -0.482 e. The molecule has 0 spiro atoms. The van der Waals surface area contributed by atoms with E-state index in [1.807, 2.05) is 42.5 Å². The Morgan fingerprint density at radius 1 is 1.06 bits per heavy atom. The number of amides is 2. The lowest BCUT2D eigenvalue weighted by Gasteiger charge is -2.36. The van der Waals surface area contributed by atoms with Crippen LogP contribution in [0.4, 0.5) is 5.69 Å². The van der Waals surface area contributed by atoms with Crippen molar-refractivity contribution in [1.29, 1.82) is 0 Å². The summed E-state index contributed by atoms with van der Waals surface area (Å²) in [4.78, 5) is 33.6. The number of rotatable bonds is 4. The predicted octanol–water partition coefficient (Wildman–Crippen LogP) is 3.22. The van der Waals surface area contributed by atoms with Crippen molar-refractivity contribution in [2.24, 2.45) is 0 Å². The number of ether oxygens (including phenoxy) is 1. The molecule has 0 saturated carbocycles. The van der Waals surface area contributed by atoms with E-state index in [0.29, 0.717) is 29.7 Å². The van der Waals surface area contributed by atoms with Crippen molar-refractivity contribution in [1.82, 2.24) is 15.0 Å². The molecule has 1 saturated heterocycles. The van der Waals surface area contributed by atoms with Crippen LogP contribution in [0.3, 0.4) is 0 Å². The third-order valence-electron chi connectivity index (χ3n) is 5.68. The van der Waals surface area contributed by atoms with Gasteiger partial charge < -0.3 is 14.2 Å². The number of piperidine rings is 1. The van der Waals surface area contributed by atoms with Crippen molar-refractivity contribution in [3.8, 4) is 17.1 Å². The Hall–Kier alpha value is -3.68. The average molecular weight is 418 g/mol. The second kappa shape index (κ2) is 8.22. The van der Waals surface area contributed by atoms with Gasteiger partial charge in [0.25, 0.3) is 5.91 Å². The summed E-state index contributed by atoms with van der Waals surface area (Å²) in [6.45, 7) is 0.472. The van der Waals surface area contributed by atoms with E-state index in [9.17, 15) is 9.59 Å². The van der Waals surface area contributed by atoms with Crippen LogP contribution in [0.15, 0.2) is 59.1 Å². The predicted molar refractivity (Wildman–Crippen MR) is 112 cm³/mol. The Balaban J connectivity index is 1.37. The monoisotopic (exact) mass is 418 g/mol. The molecular formula is C23H22N4O4. The molecule has 1 aromatic heterocycles. The Bertz CT molecular complexity index is 1100. The number of fused-ring (bicyclic) bond motifs is 1. The smallest absolute Gasteiger partial charge is 0.265 e. The van der Waals surface area contributed by atoms with Crippen molar-refractivity contribution >= 4 is 17.5 Å². The Morgan fingerprint density at radius 3 is 2.74 bits per heavy atom. The molecule has 31 heavy (non-hydrogen) atoms. The van der Waals surface area contributed by atoms with Crippen LogP contribution >= 0.6 is 0 Å². The number of hydrogen-bond donors (Lipinski definition) is 0. The number of nitrogens with zero attached hydrogens (tertiary/aromatic N) is 4. The summed E-state index contributed by atoms with van der Waals surface area (Å²) >= 11 is 0. The molecule has 1 atom stereocenters. The molecular weight excluding hydrogens is 396 g/mol. The number of likely N-dealkylation sites (tertiary alicyclic amines) is 1. The van der Waals surface area contributed by atoms with E-state index in [-0.39, 0.29) is 31.0 Å². The summed E-state index contributed by atoms with van der Waals surface area (Å²) in [5.74, 6) is 1.17. The van der Waals surface area contributed by atoms with E-state index in [4.69, 9.17) is 9.26 Å². The van der Waals surface area contributed by atoms with Crippen molar-refractivity contribution in [2.45, 2.75) is 25.3 Å². The lowest BCUT2D eigenvalue weighted by Crippen LogP contribution is -2.48. The molecule has 8 nitrogen and oxygen atoms in total. The van der Waals surface area contributed by atoms with Crippen molar-refractivity contribution in [3.63, 3.8) is 0 Å². The van der Waals surface area contributed by atoms with Crippen LogP contribution in [-0.2, 0) is 9.59 Å². The third kappa shape index (κ3) is 3.76. The second-order valence-corrected chi connectivity index (χ2v) is 7.66. The fourth-order valence-corrected chi connectivity index (χ4v) is 4.12. The number of benzene rings is 2. The zero-order chi connectivity index (χ0) is 21.2. The lowest BCUT2D eigenvalue weighted by atomic mass is 10.0. The summed E-state index contributed by atoms with van der Waals surface area (Å²) in [5.41, 5.74) is 1.48. The van der Waals surface area contributed by atoms with Gasteiger partial charge in [0.15, 0.2) is 6.61 Å². The molecule has 0 bridgehead atoms. The molecule has 2 aliphatic rings.